The Morgan fingerprint density at radius 1 is 1.00 bits per heavy atom. The zero-order valence-electron chi connectivity index (χ0n) is 11.2. The van der Waals surface area contributed by atoms with Crippen LogP contribution in [0.25, 0.3) is 21.8 Å². The molecule has 3 rings (SSSR count). The highest BCUT2D eigenvalue weighted by Gasteiger charge is 2.09. The van der Waals surface area contributed by atoms with Gasteiger partial charge in [0.25, 0.3) is 0 Å². The van der Waals surface area contributed by atoms with E-state index in [-0.39, 0.29) is 0 Å². The van der Waals surface area contributed by atoms with Gasteiger partial charge in [-0.3, -0.25) is 0 Å². The van der Waals surface area contributed by atoms with Crippen LogP contribution in [-0.4, -0.2) is 18.2 Å². The van der Waals surface area contributed by atoms with E-state index in [0.29, 0.717) is 0 Å². The lowest BCUT2D eigenvalue weighted by Gasteiger charge is -2.09. The maximum Gasteiger partial charge on any atom is 0.0494 e. The third-order valence-electron chi connectivity index (χ3n) is 3.49. The van der Waals surface area contributed by atoms with Gasteiger partial charge in [0.1, 0.15) is 0 Å². The van der Waals surface area contributed by atoms with Crippen molar-refractivity contribution >= 4 is 21.8 Å². The van der Waals surface area contributed by atoms with Gasteiger partial charge in [0.2, 0.25) is 0 Å². The minimum Gasteiger partial charge on any atom is -0.336 e. The van der Waals surface area contributed by atoms with E-state index >= 15 is 0 Å². The van der Waals surface area contributed by atoms with Gasteiger partial charge in [-0.1, -0.05) is 43.0 Å². The van der Waals surface area contributed by atoms with Crippen molar-refractivity contribution in [2.45, 2.75) is 6.54 Å². The predicted octanol–water partition coefficient (Wildman–Crippen LogP) is 3.57. The molecule has 0 aliphatic rings. The van der Waals surface area contributed by atoms with Crippen LogP contribution < -0.4 is 5.32 Å². The molecule has 96 valence electrons. The third-order valence-corrected chi connectivity index (χ3v) is 3.49. The molecule has 19 heavy (non-hydrogen) atoms. The average Bonchev–Trinajstić information content (AvgIpc) is 2.75. The van der Waals surface area contributed by atoms with Crippen molar-refractivity contribution in [1.82, 2.24) is 9.88 Å². The monoisotopic (exact) mass is 250 g/mol. The molecule has 1 heterocycles. The van der Waals surface area contributed by atoms with Gasteiger partial charge in [0.15, 0.2) is 0 Å². The van der Waals surface area contributed by atoms with Crippen molar-refractivity contribution < 1.29 is 0 Å². The quantitative estimate of drug-likeness (QED) is 0.700. The van der Waals surface area contributed by atoms with Crippen molar-refractivity contribution in [1.29, 1.82) is 0 Å². The van der Waals surface area contributed by atoms with E-state index in [9.17, 15) is 0 Å². The molecular weight excluding hydrogens is 232 g/mol. The Labute approximate surface area is 113 Å². The molecule has 0 amide bonds. The Bertz CT molecular complexity index is 684. The standard InChI is InChI=1S/C17H18N2/c1-13(11-18-2)12-19-16-9-5-3-7-14(16)15-8-4-6-10-17(15)19/h3-10,18H,1,11-12H2,2H3. The molecule has 2 aromatic carbocycles. The van der Waals surface area contributed by atoms with E-state index in [0.717, 1.165) is 13.1 Å². The molecule has 0 aliphatic heterocycles. The lowest BCUT2D eigenvalue weighted by Crippen LogP contribution is -2.13. The van der Waals surface area contributed by atoms with Crippen LogP contribution in [0, 0.1) is 0 Å². The zero-order chi connectivity index (χ0) is 13.2. The molecule has 0 fully saturated rings. The molecule has 2 nitrogen and oxygen atoms in total. The lowest BCUT2D eigenvalue weighted by atomic mass is 10.2. The highest BCUT2D eigenvalue weighted by molar-refractivity contribution is 6.07. The van der Waals surface area contributed by atoms with Gasteiger partial charge in [-0.2, -0.15) is 0 Å². The third kappa shape index (κ3) is 2.04. The first-order valence-corrected chi connectivity index (χ1v) is 6.58. The van der Waals surface area contributed by atoms with Gasteiger partial charge in [-0.15, -0.1) is 0 Å². The van der Waals surface area contributed by atoms with Gasteiger partial charge >= 0.3 is 0 Å². The molecule has 0 atom stereocenters. The maximum atomic E-state index is 4.15. The van der Waals surface area contributed by atoms with Crippen LogP contribution in [0.1, 0.15) is 0 Å². The van der Waals surface area contributed by atoms with Crippen LogP contribution in [0.3, 0.4) is 0 Å². The van der Waals surface area contributed by atoms with E-state index in [2.05, 4.69) is 65.0 Å². The van der Waals surface area contributed by atoms with Gasteiger partial charge < -0.3 is 9.88 Å². The predicted molar refractivity (Wildman–Crippen MR) is 82.5 cm³/mol. The Balaban J connectivity index is 2.22. The van der Waals surface area contributed by atoms with Crippen molar-refractivity contribution in [3.05, 3.63) is 60.7 Å². The summed E-state index contributed by atoms with van der Waals surface area (Å²) in [5.74, 6) is 0. The van der Waals surface area contributed by atoms with Crippen molar-refractivity contribution in [2.75, 3.05) is 13.6 Å². The fourth-order valence-electron chi connectivity index (χ4n) is 2.70. The fraction of sp³-hybridized carbons (Fsp3) is 0.176. The van der Waals surface area contributed by atoms with Crippen LogP contribution >= 0.6 is 0 Å². The number of rotatable bonds is 4. The molecule has 0 spiro atoms. The van der Waals surface area contributed by atoms with E-state index in [1.54, 1.807) is 0 Å². The molecule has 1 N–H and O–H groups in total. The molecule has 2 heteroatoms. The lowest BCUT2D eigenvalue weighted by molar-refractivity contribution is 0.774. The number of hydrogen-bond donors (Lipinski definition) is 1. The summed E-state index contributed by atoms with van der Waals surface area (Å²) in [6, 6.07) is 17.1. The van der Waals surface area contributed by atoms with Gasteiger partial charge in [-0.25, -0.2) is 0 Å². The Kier molecular flexibility index (Phi) is 3.10. The summed E-state index contributed by atoms with van der Waals surface area (Å²) in [7, 11) is 1.96. The molecule has 3 aromatic rings. The maximum absolute atomic E-state index is 4.15. The first-order chi connectivity index (χ1) is 9.31. The number of fused-ring (bicyclic) bond motifs is 3. The number of aromatic nitrogens is 1. The number of benzene rings is 2. The van der Waals surface area contributed by atoms with E-state index < -0.39 is 0 Å². The highest BCUT2D eigenvalue weighted by Crippen LogP contribution is 2.29. The number of para-hydroxylation sites is 2. The van der Waals surface area contributed by atoms with Crippen molar-refractivity contribution in [3.8, 4) is 0 Å². The molecule has 0 bridgehead atoms. The Hall–Kier alpha value is -2.06. The van der Waals surface area contributed by atoms with Crippen molar-refractivity contribution in [2.24, 2.45) is 0 Å². The summed E-state index contributed by atoms with van der Waals surface area (Å²) in [5, 5.41) is 5.79. The van der Waals surface area contributed by atoms with E-state index in [4.69, 9.17) is 0 Å². The molecule has 0 aliphatic carbocycles. The molecular formula is C17H18N2. The second-order valence-electron chi connectivity index (χ2n) is 4.90. The number of hydrogen-bond acceptors (Lipinski definition) is 1. The fourth-order valence-corrected chi connectivity index (χ4v) is 2.70. The summed E-state index contributed by atoms with van der Waals surface area (Å²) < 4.78 is 2.35. The Morgan fingerprint density at radius 2 is 1.53 bits per heavy atom. The summed E-state index contributed by atoms with van der Waals surface area (Å²) in [5.41, 5.74) is 3.75. The smallest absolute Gasteiger partial charge is 0.0494 e. The largest absolute Gasteiger partial charge is 0.336 e. The van der Waals surface area contributed by atoms with Crippen molar-refractivity contribution in [3.63, 3.8) is 0 Å². The molecule has 0 radical (unpaired) electrons. The molecule has 0 unspecified atom stereocenters. The van der Waals surface area contributed by atoms with E-state index in [1.807, 2.05) is 7.05 Å². The SMILES string of the molecule is C=C(CNC)Cn1c2ccccc2c2ccccc21. The summed E-state index contributed by atoms with van der Waals surface area (Å²) in [6.07, 6.45) is 0. The minimum atomic E-state index is 0.848. The average molecular weight is 250 g/mol. The van der Waals surface area contributed by atoms with Gasteiger partial charge in [0.05, 0.1) is 0 Å². The van der Waals surface area contributed by atoms with Crippen LogP contribution in [0.2, 0.25) is 0 Å². The second-order valence-corrected chi connectivity index (χ2v) is 4.90. The normalized spacial score (nSPS) is 11.2. The highest BCUT2D eigenvalue weighted by atomic mass is 15.0. The first-order valence-electron chi connectivity index (χ1n) is 6.58. The van der Waals surface area contributed by atoms with Gasteiger partial charge in [-0.05, 0) is 24.8 Å². The van der Waals surface area contributed by atoms with E-state index in [1.165, 1.54) is 27.4 Å². The molecule has 1 aromatic heterocycles. The molecule has 0 saturated heterocycles. The summed E-state index contributed by atoms with van der Waals surface area (Å²) in [6.45, 7) is 5.85. The van der Waals surface area contributed by atoms with Crippen LogP contribution in [0.5, 0.6) is 0 Å². The summed E-state index contributed by atoms with van der Waals surface area (Å²) >= 11 is 0. The Morgan fingerprint density at radius 3 is 2.05 bits per heavy atom. The van der Waals surface area contributed by atoms with Crippen LogP contribution in [0.15, 0.2) is 60.7 Å². The topological polar surface area (TPSA) is 17.0 Å². The number of nitrogens with zero attached hydrogens (tertiary/aromatic N) is 1. The van der Waals surface area contributed by atoms with Crippen LogP contribution in [-0.2, 0) is 6.54 Å². The number of nitrogens with one attached hydrogen (secondary N) is 1. The zero-order valence-corrected chi connectivity index (χ0v) is 11.2. The number of likely N-dealkylation sites (N-methyl/N-ethyl adjacent to an activating group) is 1. The van der Waals surface area contributed by atoms with Gasteiger partial charge in [0, 0.05) is 34.9 Å². The first kappa shape index (κ1) is 12.0. The minimum absolute atomic E-state index is 0.848. The summed E-state index contributed by atoms with van der Waals surface area (Å²) in [4.78, 5) is 0. The molecule has 0 saturated carbocycles. The second kappa shape index (κ2) is 4.90. The van der Waals surface area contributed by atoms with Crippen LogP contribution in [0.4, 0.5) is 0 Å².